The Bertz CT molecular complexity index is 423. The summed E-state index contributed by atoms with van der Waals surface area (Å²) in [6.07, 6.45) is 0.315. The molecule has 1 atom stereocenters. The van der Waals surface area contributed by atoms with Gasteiger partial charge >= 0.3 is 0 Å². The van der Waals surface area contributed by atoms with Crippen molar-refractivity contribution in [3.8, 4) is 11.5 Å². The quantitative estimate of drug-likeness (QED) is 0.782. The number of methoxy groups -OCH3 is 2. The molecule has 1 aromatic carbocycles. The monoisotopic (exact) mass is 285 g/mol. The zero-order valence-corrected chi connectivity index (χ0v) is 12.3. The molecule has 4 nitrogen and oxygen atoms in total. The highest BCUT2D eigenvalue weighted by Crippen LogP contribution is 2.27. The van der Waals surface area contributed by atoms with Gasteiger partial charge in [0.2, 0.25) is 5.91 Å². The number of amides is 1. The van der Waals surface area contributed by atoms with Gasteiger partial charge in [-0.05, 0) is 23.6 Å². The van der Waals surface area contributed by atoms with Crippen LogP contribution in [0.15, 0.2) is 18.2 Å². The average Bonchev–Trinajstić information content (AvgIpc) is 2.44. The van der Waals surface area contributed by atoms with Gasteiger partial charge in [-0.15, -0.1) is 11.6 Å². The fraction of sp³-hybridized carbons (Fsp3) is 0.500. The maximum absolute atomic E-state index is 11.8. The van der Waals surface area contributed by atoms with Crippen molar-refractivity contribution in [1.82, 2.24) is 5.32 Å². The van der Waals surface area contributed by atoms with Gasteiger partial charge in [-0.25, -0.2) is 0 Å². The second-order valence-corrected chi connectivity index (χ2v) is 4.74. The van der Waals surface area contributed by atoms with Crippen LogP contribution in [0.1, 0.15) is 12.5 Å². The van der Waals surface area contributed by atoms with Crippen molar-refractivity contribution in [1.29, 1.82) is 0 Å². The van der Waals surface area contributed by atoms with Crippen molar-refractivity contribution in [3.05, 3.63) is 23.8 Å². The molecule has 0 spiro atoms. The first-order chi connectivity index (χ1) is 9.10. The summed E-state index contributed by atoms with van der Waals surface area (Å²) in [5.41, 5.74) is 0.883. The Labute approximate surface area is 119 Å². The minimum atomic E-state index is -0.0239. The van der Waals surface area contributed by atoms with Gasteiger partial charge in [-0.3, -0.25) is 4.79 Å². The Kier molecular flexibility index (Phi) is 6.50. The normalized spacial score (nSPS) is 11.8. The fourth-order valence-electron chi connectivity index (χ4n) is 1.58. The standard InChI is InChI=1S/C14H20ClNO3/c1-10(8-15)9-16-14(17)7-11-4-5-12(18-2)13(6-11)19-3/h4-6,10H,7-9H2,1-3H3,(H,16,17). The topological polar surface area (TPSA) is 47.6 Å². The van der Waals surface area contributed by atoms with Crippen LogP contribution in [-0.2, 0) is 11.2 Å². The van der Waals surface area contributed by atoms with Crippen LogP contribution in [0, 0.1) is 5.92 Å². The Morgan fingerprint density at radius 2 is 2.00 bits per heavy atom. The largest absolute Gasteiger partial charge is 0.493 e. The van der Waals surface area contributed by atoms with Crippen LogP contribution in [0.2, 0.25) is 0 Å². The molecular formula is C14H20ClNO3. The molecule has 0 aromatic heterocycles. The van der Waals surface area contributed by atoms with Gasteiger partial charge in [-0.1, -0.05) is 13.0 Å². The molecule has 0 fully saturated rings. The molecule has 1 rings (SSSR count). The Morgan fingerprint density at radius 1 is 1.32 bits per heavy atom. The number of carbonyl (C=O) groups excluding carboxylic acids is 1. The van der Waals surface area contributed by atoms with Gasteiger partial charge in [0.1, 0.15) is 0 Å². The number of ether oxygens (including phenoxy) is 2. The number of benzene rings is 1. The van der Waals surface area contributed by atoms with Crippen LogP contribution in [0.5, 0.6) is 11.5 Å². The molecule has 19 heavy (non-hydrogen) atoms. The van der Waals surface area contributed by atoms with Crippen LogP contribution in [-0.4, -0.2) is 32.6 Å². The van der Waals surface area contributed by atoms with Crippen LogP contribution < -0.4 is 14.8 Å². The number of nitrogens with one attached hydrogen (secondary N) is 1. The van der Waals surface area contributed by atoms with Crippen LogP contribution >= 0.6 is 11.6 Å². The number of hydrogen-bond acceptors (Lipinski definition) is 3. The van der Waals surface area contributed by atoms with E-state index in [1.165, 1.54) is 0 Å². The van der Waals surface area contributed by atoms with Crippen LogP contribution in [0.4, 0.5) is 0 Å². The smallest absolute Gasteiger partial charge is 0.224 e. The molecule has 0 aliphatic carbocycles. The lowest BCUT2D eigenvalue weighted by Crippen LogP contribution is -2.30. The number of carbonyl (C=O) groups is 1. The van der Waals surface area contributed by atoms with E-state index in [4.69, 9.17) is 21.1 Å². The van der Waals surface area contributed by atoms with Crippen molar-refractivity contribution in [3.63, 3.8) is 0 Å². The molecule has 1 amide bonds. The first kappa shape index (κ1) is 15.6. The predicted octanol–water partition coefficient (Wildman–Crippen LogP) is 2.24. The molecule has 0 bridgehead atoms. The number of halogens is 1. The van der Waals surface area contributed by atoms with Gasteiger partial charge < -0.3 is 14.8 Å². The lowest BCUT2D eigenvalue weighted by atomic mass is 10.1. The summed E-state index contributed by atoms with van der Waals surface area (Å²) in [6.45, 7) is 2.58. The summed E-state index contributed by atoms with van der Waals surface area (Å²) in [5, 5.41) is 2.85. The maximum Gasteiger partial charge on any atom is 0.224 e. The molecule has 0 heterocycles. The molecule has 1 N–H and O–H groups in total. The lowest BCUT2D eigenvalue weighted by Gasteiger charge is -2.11. The van der Waals surface area contributed by atoms with E-state index in [0.29, 0.717) is 30.3 Å². The van der Waals surface area contributed by atoms with Gasteiger partial charge in [0.05, 0.1) is 20.6 Å². The van der Waals surface area contributed by atoms with Gasteiger partial charge in [-0.2, -0.15) is 0 Å². The van der Waals surface area contributed by atoms with Crippen LogP contribution in [0.3, 0.4) is 0 Å². The van der Waals surface area contributed by atoms with E-state index >= 15 is 0 Å². The predicted molar refractivity (Wildman–Crippen MR) is 76.1 cm³/mol. The summed E-state index contributed by atoms with van der Waals surface area (Å²) >= 11 is 5.69. The molecule has 0 radical (unpaired) electrons. The highest BCUT2D eigenvalue weighted by molar-refractivity contribution is 6.18. The molecule has 5 heteroatoms. The molecule has 1 aromatic rings. The minimum absolute atomic E-state index is 0.0239. The van der Waals surface area contributed by atoms with E-state index in [0.717, 1.165) is 5.56 Å². The Balaban J connectivity index is 2.59. The van der Waals surface area contributed by atoms with Crippen LogP contribution in [0.25, 0.3) is 0 Å². The minimum Gasteiger partial charge on any atom is -0.493 e. The van der Waals surface area contributed by atoms with Crippen molar-refractivity contribution in [2.75, 3.05) is 26.6 Å². The molecule has 106 valence electrons. The second-order valence-electron chi connectivity index (χ2n) is 4.43. The molecule has 0 aliphatic rings. The summed E-state index contributed by atoms with van der Waals surface area (Å²) in [6, 6.07) is 5.46. The number of alkyl halides is 1. The third kappa shape index (κ3) is 4.99. The van der Waals surface area contributed by atoms with Gasteiger partial charge in [0, 0.05) is 12.4 Å². The zero-order chi connectivity index (χ0) is 14.3. The fourth-order valence-corrected chi connectivity index (χ4v) is 1.69. The van der Waals surface area contributed by atoms with Crippen molar-refractivity contribution in [2.24, 2.45) is 5.92 Å². The molecule has 0 saturated carbocycles. The van der Waals surface area contributed by atoms with Gasteiger partial charge in [0.15, 0.2) is 11.5 Å². The Hall–Kier alpha value is -1.42. The molecular weight excluding hydrogens is 266 g/mol. The van der Waals surface area contributed by atoms with Gasteiger partial charge in [0.25, 0.3) is 0 Å². The third-order valence-electron chi connectivity index (χ3n) is 2.72. The average molecular weight is 286 g/mol. The first-order valence-corrected chi connectivity index (χ1v) is 6.67. The number of hydrogen-bond donors (Lipinski definition) is 1. The zero-order valence-electron chi connectivity index (χ0n) is 11.5. The maximum atomic E-state index is 11.8. The van der Waals surface area contributed by atoms with E-state index in [9.17, 15) is 4.79 Å². The summed E-state index contributed by atoms with van der Waals surface area (Å²) in [5.74, 6) is 2.07. The highest BCUT2D eigenvalue weighted by Gasteiger charge is 2.09. The van der Waals surface area contributed by atoms with E-state index < -0.39 is 0 Å². The summed E-state index contributed by atoms with van der Waals surface area (Å²) < 4.78 is 10.3. The lowest BCUT2D eigenvalue weighted by molar-refractivity contribution is -0.120. The number of rotatable bonds is 7. The van der Waals surface area contributed by atoms with E-state index in [1.807, 2.05) is 19.1 Å². The van der Waals surface area contributed by atoms with E-state index in [2.05, 4.69) is 5.32 Å². The molecule has 1 unspecified atom stereocenters. The highest BCUT2D eigenvalue weighted by atomic mass is 35.5. The second kappa shape index (κ2) is 7.89. The SMILES string of the molecule is COc1ccc(CC(=O)NCC(C)CCl)cc1OC. The Morgan fingerprint density at radius 3 is 2.58 bits per heavy atom. The summed E-state index contributed by atoms with van der Waals surface area (Å²) in [7, 11) is 3.15. The van der Waals surface area contributed by atoms with E-state index in [1.54, 1.807) is 20.3 Å². The molecule has 0 aliphatic heterocycles. The first-order valence-electron chi connectivity index (χ1n) is 6.14. The third-order valence-corrected chi connectivity index (χ3v) is 3.25. The van der Waals surface area contributed by atoms with E-state index in [-0.39, 0.29) is 11.8 Å². The van der Waals surface area contributed by atoms with Crippen molar-refractivity contribution >= 4 is 17.5 Å². The van der Waals surface area contributed by atoms with Crippen molar-refractivity contribution < 1.29 is 14.3 Å². The summed E-state index contributed by atoms with van der Waals surface area (Å²) in [4.78, 5) is 11.8. The van der Waals surface area contributed by atoms with Crippen molar-refractivity contribution in [2.45, 2.75) is 13.3 Å². The molecule has 0 saturated heterocycles.